The summed E-state index contributed by atoms with van der Waals surface area (Å²) >= 11 is 0. The summed E-state index contributed by atoms with van der Waals surface area (Å²) in [5.41, 5.74) is 1.18. The van der Waals surface area contributed by atoms with E-state index in [1.807, 2.05) is 23.1 Å². The Labute approximate surface area is 125 Å². The Morgan fingerprint density at radius 2 is 2.29 bits per heavy atom. The van der Waals surface area contributed by atoms with Crippen LogP contribution in [0, 0.1) is 5.92 Å². The standard InChI is InChI=1S/C16H23N3O2/c1-13(20)19-11-16(12-19)7-14(8-18(16)2)9-21-10-15-5-3-4-6-17-15/h3-6,14H,7-12H2,1-2H3. The van der Waals surface area contributed by atoms with Crippen molar-refractivity contribution in [3.63, 3.8) is 0 Å². The third-order valence-corrected chi connectivity index (χ3v) is 4.76. The Balaban J connectivity index is 1.45. The largest absolute Gasteiger partial charge is 0.375 e. The number of carbonyl (C=O) groups excluding carboxylic acids is 1. The minimum Gasteiger partial charge on any atom is -0.375 e. The Hall–Kier alpha value is -1.46. The molecule has 2 aliphatic rings. The molecule has 114 valence electrons. The molecule has 0 aromatic carbocycles. The topological polar surface area (TPSA) is 45.7 Å². The third-order valence-electron chi connectivity index (χ3n) is 4.76. The number of carbonyl (C=O) groups is 1. The molecule has 1 aromatic heterocycles. The summed E-state index contributed by atoms with van der Waals surface area (Å²) in [6, 6.07) is 5.88. The highest BCUT2D eigenvalue weighted by atomic mass is 16.5. The summed E-state index contributed by atoms with van der Waals surface area (Å²) in [4.78, 5) is 20.0. The van der Waals surface area contributed by atoms with E-state index in [9.17, 15) is 4.79 Å². The first-order valence-corrected chi connectivity index (χ1v) is 7.53. The molecule has 21 heavy (non-hydrogen) atoms. The molecule has 1 unspecified atom stereocenters. The summed E-state index contributed by atoms with van der Waals surface area (Å²) in [5.74, 6) is 0.733. The van der Waals surface area contributed by atoms with Gasteiger partial charge in [-0.3, -0.25) is 14.7 Å². The molecule has 2 aliphatic heterocycles. The lowest BCUT2D eigenvalue weighted by Gasteiger charge is -2.51. The maximum atomic E-state index is 11.4. The van der Waals surface area contributed by atoms with E-state index in [-0.39, 0.29) is 11.4 Å². The van der Waals surface area contributed by atoms with E-state index in [1.165, 1.54) is 0 Å². The van der Waals surface area contributed by atoms with Gasteiger partial charge in [0, 0.05) is 32.8 Å². The van der Waals surface area contributed by atoms with Crippen LogP contribution < -0.4 is 0 Å². The number of hydrogen-bond acceptors (Lipinski definition) is 4. The second-order valence-electron chi connectivity index (χ2n) is 6.39. The maximum Gasteiger partial charge on any atom is 0.219 e. The molecule has 3 heterocycles. The van der Waals surface area contributed by atoms with Crippen molar-refractivity contribution in [2.24, 2.45) is 5.92 Å². The van der Waals surface area contributed by atoms with Crippen LogP contribution in [-0.4, -0.2) is 59.5 Å². The summed E-state index contributed by atoms with van der Waals surface area (Å²) in [7, 11) is 2.16. The average molecular weight is 289 g/mol. The monoisotopic (exact) mass is 289 g/mol. The second-order valence-corrected chi connectivity index (χ2v) is 6.39. The molecule has 2 fully saturated rings. The van der Waals surface area contributed by atoms with Gasteiger partial charge in [-0.25, -0.2) is 0 Å². The molecule has 1 aromatic rings. The number of amides is 1. The van der Waals surface area contributed by atoms with E-state index in [2.05, 4.69) is 16.9 Å². The summed E-state index contributed by atoms with van der Waals surface area (Å²) < 4.78 is 5.82. The SMILES string of the molecule is CC(=O)N1CC2(CC(COCc3ccccn3)CN2C)C1. The molecule has 1 spiro atoms. The first-order valence-electron chi connectivity index (χ1n) is 7.53. The number of nitrogens with zero attached hydrogens (tertiary/aromatic N) is 3. The number of likely N-dealkylation sites (tertiary alicyclic amines) is 2. The molecular formula is C16H23N3O2. The van der Waals surface area contributed by atoms with Gasteiger partial charge in [-0.2, -0.15) is 0 Å². The van der Waals surface area contributed by atoms with Crippen LogP contribution in [0.4, 0.5) is 0 Å². The summed E-state index contributed by atoms with van der Waals surface area (Å²) in [6.07, 6.45) is 2.91. The van der Waals surface area contributed by atoms with Crippen molar-refractivity contribution in [2.45, 2.75) is 25.5 Å². The zero-order valence-corrected chi connectivity index (χ0v) is 12.8. The van der Waals surface area contributed by atoms with Crippen molar-refractivity contribution in [3.05, 3.63) is 30.1 Å². The Morgan fingerprint density at radius 1 is 1.48 bits per heavy atom. The van der Waals surface area contributed by atoms with Crippen LogP contribution in [0.3, 0.4) is 0 Å². The van der Waals surface area contributed by atoms with Crippen molar-refractivity contribution in [1.29, 1.82) is 0 Å². The van der Waals surface area contributed by atoms with Crippen molar-refractivity contribution < 1.29 is 9.53 Å². The van der Waals surface area contributed by atoms with Gasteiger partial charge in [0.2, 0.25) is 5.91 Å². The van der Waals surface area contributed by atoms with Gasteiger partial charge in [-0.05, 0) is 31.5 Å². The number of pyridine rings is 1. The van der Waals surface area contributed by atoms with E-state index in [0.29, 0.717) is 12.5 Å². The normalized spacial score (nSPS) is 24.3. The van der Waals surface area contributed by atoms with Crippen LogP contribution in [0.25, 0.3) is 0 Å². The highest BCUT2D eigenvalue weighted by Crippen LogP contribution is 2.39. The third kappa shape index (κ3) is 2.94. The van der Waals surface area contributed by atoms with Crippen LogP contribution in [0.2, 0.25) is 0 Å². The zero-order chi connectivity index (χ0) is 14.9. The number of ether oxygens (including phenoxy) is 1. The maximum absolute atomic E-state index is 11.4. The fourth-order valence-corrected chi connectivity index (χ4v) is 3.52. The molecule has 0 radical (unpaired) electrons. The lowest BCUT2D eigenvalue weighted by atomic mass is 9.84. The van der Waals surface area contributed by atoms with Crippen molar-refractivity contribution >= 4 is 5.91 Å². The minimum atomic E-state index is 0.184. The van der Waals surface area contributed by atoms with E-state index in [4.69, 9.17) is 4.74 Å². The van der Waals surface area contributed by atoms with Crippen LogP contribution in [-0.2, 0) is 16.1 Å². The van der Waals surface area contributed by atoms with E-state index in [0.717, 1.165) is 38.4 Å². The first-order chi connectivity index (χ1) is 10.1. The smallest absolute Gasteiger partial charge is 0.219 e. The van der Waals surface area contributed by atoms with Crippen molar-refractivity contribution in [3.8, 4) is 0 Å². The number of hydrogen-bond donors (Lipinski definition) is 0. The second kappa shape index (κ2) is 5.73. The van der Waals surface area contributed by atoms with Crippen molar-refractivity contribution in [1.82, 2.24) is 14.8 Å². The van der Waals surface area contributed by atoms with Gasteiger partial charge >= 0.3 is 0 Å². The first kappa shape index (κ1) is 14.5. The Morgan fingerprint density at radius 3 is 2.95 bits per heavy atom. The predicted octanol–water partition coefficient (Wildman–Crippen LogP) is 1.15. The molecule has 0 saturated carbocycles. The van der Waals surface area contributed by atoms with Crippen LogP contribution in [0.5, 0.6) is 0 Å². The lowest BCUT2D eigenvalue weighted by Crippen LogP contribution is -2.67. The molecular weight excluding hydrogens is 266 g/mol. The van der Waals surface area contributed by atoms with Gasteiger partial charge in [-0.15, -0.1) is 0 Å². The molecule has 1 atom stereocenters. The highest BCUT2D eigenvalue weighted by molar-refractivity contribution is 5.74. The van der Waals surface area contributed by atoms with E-state index < -0.39 is 0 Å². The van der Waals surface area contributed by atoms with E-state index in [1.54, 1.807) is 13.1 Å². The van der Waals surface area contributed by atoms with Gasteiger partial charge < -0.3 is 9.64 Å². The number of aromatic nitrogens is 1. The fourth-order valence-electron chi connectivity index (χ4n) is 3.52. The molecule has 5 nitrogen and oxygen atoms in total. The zero-order valence-electron chi connectivity index (χ0n) is 12.8. The van der Waals surface area contributed by atoms with E-state index >= 15 is 0 Å². The lowest BCUT2D eigenvalue weighted by molar-refractivity contribution is -0.141. The predicted molar refractivity (Wildman–Crippen MR) is 79.6 cm³/mol. The minimum absolute atomic E-state index is 0.184. The molecule has 2 saturated heterocycles. The number of likely N-dealkylation sites (N-methyl/N-ethyl adjacent to an activating group) is 1. The van der Waals surface area contributed by atoms with Crippen LogP contribution in [0.15, 0.2) is 24.4 Å². The molecule has 3 rings (SSSR count). The highest BCUT2D eigenvalue weighted by Gasteiger charge is 2.52. The molecule has 5 heteroatoms. The summed E-state index contributed by atoms with van der Waals surface area (Å²) in [6.45, 7) is 5.78. The Bertz CT molecular complexity index is 500. The van der Waals surface area contributed by atoms with Crippen molar-refractivity contribution in [2.75, 3.05) is 33.3 Å². The summed E-state index contributed by atoms with van der Waals surface area (Å²) in [5, 5.41) is 0. The van der Waals surface area contributed by atoms with Crippen LogP contribution >= 0.6 is 0 Å². The van der Waals surface area contributed by atoms with Gasteiger partial charge in [0.15, 0.2) is 0 Å². The van der Waals surface area contributed by atoms with Gasteiger partial charge in [0.05, 0.1) is 24.4 Å². The van der Waals surface area contributed by atoms with Gasteiger partial charge in [0.25, 0.3) is 0 Å². The molecule has 1 amide bonds. The quantitative estimate of drug-likeness (QED) is 0.834. The average Bonchev–Trinajstić information content (AvgIpc) is 2.75. The van der Waals surface area contributed by atoms with Gasteiger partial charge in [0.1, 0.15) is 0 Å². The Kier molecular flexibility index (Phi) is 3.95. The molecule has 0 N–H and O–H groups in total. The van der Waals surface area contributed by atoms with Crippen LogP contribution in [0.1, 0.15) is 19.0 Å². The van der Waals surface area contributed by atoms with Gasteiger partial charge in [-0.1, -0.05) is 6.07 Å². The molecule has 0 bridgehead atoms. The molecule has 0 aliphatic carbocycles. The fraction of sp³-hybridized carbons (Fsp3) is 0.625. The number of rotatable bonds is 4.